The van der Waals surface area contributed by atoms with Crippen molar-refractivity contribution in [3.8, 4) is 0 Å². The quantitative estimate of drug-likeness (QED) is 0.685. The number of nitrogens with one attached hydrogen (secondary N) is 1. The van der Waals surface area contributed by atoms with E-state index >= 15 is 0 Å². The molecule has 2 aromatic rings. The zero-order valence-electron chi connectivity index (χ0n) is 15.7. The predicted octanol–water partition coefficient (Wildman–Crippen LogP) is 4.94. The molecule has 150 valence electrons. The number of nitrogens with zero attached hydrogens (tertiary/aromatic N) is 3. The van der Waals surface area contributed by atoms with E-state index in [-0.39, 0.29) is 22.2 Å². The van der Waals surface area contributed by atoms with E-state index in [1.54, 1.807) is 24.3 Å². The molecule has 0 bridgehead atoms. The van der Waals surface area contributed by atoms with E-state index in [0.717, 1.165) is 50.6 Å². The number of aromatic nitrogens is 1. The Labute approximate surface area is 167 Å². The first-order valence-electron chi connectivity index (χ1n) is 9.41. The highest BCUT2D eigenvalue weighted by Crippen LogP contribution is 2.48. The molecule has 1 aliphatic carbocycles. The summed E-state index contributed by atoms with van der Waals surface area (Å²) in [5.41, 5.74) is -1.86. The van der Waals surface area contributed by atoms with Gasteiger partial charge in [-0.1, -0.05) is 0 Å². The van der Waals surface area contributed by atoms with Crippen LogP contribution in [0.1, 0.15) is 25.3 Å². The van der Waals surface area contributed by atoms with Gasteiger partial charge >= 0.3 is 5.51 Å². The Morgan fingerprint density at radius 1 is 1.18 bits per heavy atom. The van der Waals surface area contributed by atoms with Gasteiger partial charge in [-0.25, -0.2) is 4.98 Å². The smallest absolute Gasteiger partial charge is 0.370 e. The molecule has 1 spiro atoms. The zero-order valence-corrected chi connectivity index (χ0v) is 16.5. The van der Waals surface area contributed by atoms with Crippen molar-refractivity contribution in [1.29, 1.82) is 0 Å². The van der Waals surface area contributed by atoms with Gasteiger partial charge in [-0.05, 0) is 73.5 Å². The van der Waals surface area contributed by atoms with Gasteiger partial charge in [0.15, 0.2) is 0 Å². The van der Waals surface area contributed by atoms with Crippen LogP contribution < -0.4 is 10.2 Å². The van der Waals surface area contributed by atoms with Crippen LogP contribution in [-0.4, -0.2) is 40.7 Å². The highest BCUT2D eigenvalue weighted by Gasteiger charge is 2.53. The lowest BCUT2D eigenvalue weighted by atomic mass is 10.2. The van der Waals surface area contributed by atoms with Gasteiger partial charge in [-0.3, -0.25) is 4.90 Å². The molecule has 0 radical (unpaired) electrons. The van der Waals surface area contributed by atoms with Crippen molar-refractivity contribution in [3.05, 3.63) is 48.2 Å². The van der Waals surface area contributed by atoms with Crippen molar-refractivity contribution in [1.82, 2.24) is 9.88 Å². The Balaban J connectivity index is 1.44. The highest BCUT2D eigenvalue weighted by molar-refractivity contribution is 8.00. The summed E-state index contributed by atoms with van der Waals surface area (Å²) in [5.74, 6) is 0.888. The van der Waals surface area contributed by atoms with Crippen LogP contribution in [0.25, 0.3) is 0 Å². The van der Waals surface area contributed by atoms with Gasteiger partial charge in [0.1, 0.15) is 5.82 Å². The molecule has 2 fully saturated rings. The van der Waals surface area contributed by atoms with Crippen LogP contribution in [0.4, 0.5) is 24.7 Å². The fraction of sp³-hybridized carbons (Fsp3) is 0.450. The van der Waals surface area contributed by atoms with Crippen LogP contribution in [0.3, 0.4) is 0 Å². The minimum absolute atomic E-state index is 0.0691. The monoisotopic (exact) mass is 408 g/mol. The molecule has 1 aromatic carbocycles. The van der Waals surface area contributed by atoms with Crippen LogP contribution in [0, 0.1) is 0 Å². The number of hydrogen-bond donors (Lipinski definition) is 1. The Hall–Kier alpha value is -1.93. The fourth-order valence-corrected chi connectivity index (χ4v) is 4.34. The lowest BCUT2D eigenvalue weighted by molar-refractivity contribution is -0.0328. The second kappa shape index (κ2) is 7.48. The molecule has 1 N–H and O–H groups in total. The van der Waals surface area contributed by atoms with Gasteiger partial charge in [0.25, 0.3) is 0 Å². The molecule has 4 nitrogen and oxygen atoms in total. The Morgan fingerprint density at radius 3 is 2.57 bits per heavy atom. The van der Waals surface area contributed by atoms with E-state index in [1.165, 1.54) is 5.56 Å². The lowest BCUT2D eigenvalue weighted by Crippen LogP contribution is -2.32. The SMILES string of the molecule is CCNc1cc(CN2CN(c3ccc(SC(F)(F)F)cc3)CC23CC3)ccn1. The van der Waals surface area contributed by atoms with Gasteiger partial charge in [0.05, 0.1) is 6.67 Å². The fourth-order valence-electron chi connectivity index (χ4n) is 3.80. The van der Waals surface area contributed by atoms with Crippen molar-refractivity contribution >= 4 is 23.3 Å². The Kier molecular flexibility index (Phi) is 5.18. The van der Waals surface area contributed by atoms with Gasteiger partial charge in [0.2, 0.25) is 0 Å². The number of pyridine rings is 1. The second-order valence-electron chi connectivity index (χ2n) is 7.38. The summed E-state index contributed by atoms with van der Waals surface area (Å²) in [6.45, 7) is 5.43. The van der Waals surface area contributed by atoms with Gasteiger partial charge in [-0.15, -0.1) is 0 Å². The number of anilines is 2. The predicted molar refractivity (Wildman–Crippen MR) is 106 cm³/mol. The molecule has 1 aliphatic heterocycles. The van der Waals surface area contributed by atoms with Crippen LogP contribution >= 0.6 is 11.8 Å². The molecule has 1 saturated heterocycles. The van der Waals surface area contributed by atoms with Gasteiger partial charge < -0.3 is 10.2 Å². The normalized spacial score (nSPS) is 18.6. The number of thioether (sulfide) groups is 1. The first-order valence-corrected chi connectivity index (χ1v) is 10.2. The Morgan fingerprint density at radius 2 is 1.93 bits per heavy atom. The topological polar surface area (TPSA) is 31.4 Å². The largest absolute Gasteiger partial charge is 0.446 e. The molecule has 4 rings (SSSR count). The van der Waals surface area contributed by atoms with Crippen LogP contribution in [0.5, 0.6) is 0 Å². The second-order valence-corrected chi connectivity index (χ2v) is 8.52. The number of benzene rings is 1. The standard InChI is InChI=1S/C20H23F3N4S/c1-2-24-18-11-15(7-10-25-18)12-27-14-26(13-19(27)8-9-19)16-3-5-17(6-4-16)28-20(21,22)23/h3-7,10-11H,2,8-9,12-14H2,1H3,(H,24,25). The number of halogens is 3. The van der Waals surface area contributed by atoms with Crippen molar-refractivity contribution in [2.24, 2.45) is 0 Å². The molecule has 28 heavy (non-hydrogen) atoms. The molecule has 1 saturated carbocycles. The first kappa shape index (κ1) is 19.4. The summed E-state index contributed by atoms with van der Waals surface area (Å²) in [7, 11) is 0. The minimum atomic E-state index is -4.25. The van der Waals surface area contributed by atoms with Crippen LogP contribution in [0.2, 0.25) is 0 Å². The summed E-state index contributed by atoms with van der Waals surface area (Å²) >= 11 is -0.0691. The Bertz CT molecular complexity index is 821. The van der Waals surface area contributed by atoms with Crippen molar-refractivity contribution in [2.75, 3.05) is 30.0 Å². The molecule has 0 unspecified atom stereocenters. The number of rotatable bonds is 6. The summed E-state index contributed by atoms with van der Waals surface area (Å²) in [4.78, 5) is 9.30. The summed E-state index contributed by atoms with van der Waals surface area (Å²) in [6, 6.07) is 10.8. The van der Waals surface area contributed by atoms with Crippen molar-refractivity contribution < 1.29 is 13.2 Å². The van der Waals surface area contributed by atoms with Crippen LogP contribution in [-0.2, 0) is 6.54 Å². The van der Waals surface area contributed by atoms with E-state index in [4.69, 9.17) is 0 Å². The molecule has 2 heterocycles. The van der Waals surface area contributed by atoms with E-state index in [2.05, 4.69) is 26.2 Å². The third-order valence-corrected chi connectivity index (χ3v) is 6.06. The molecule has 8 heteroatoms. The lowest BCUT2D eigenvalue weighted by Gasteiger charge is -2.23. The number of hydrogen-bond acceptors (Lipinski definition) is 5. The van der Waals surface area contributed by atoms with Crippen LogP contribution in [0.15, 0.2) is 47.5 Å². The number of alkyl halides is 3. The molecule has 0 atom stereocenters. The summed E-state index contributed by atoms with van der Waals surface area (Å²) in [5, 5.41) is 3.24. The third-order valence-electron chi connectivity index (χ3n) is 5.32. The molecule has 0 amide bonds. The molecular weight excluding hydrogens is 385 g/mol. The average Bonchev–Trinajstić information content (AvgIpc) is 3.32. The first-order chi connectivity index (χ1) is 13.4. The van der Waals surface area contributed by atoms with Crippen molar-refractivity contribution in [3.63, 3.8) is 0 Å². The molecule has 1 aromatic heterocycles. The maximum atomic E-state index is 12.5. The van der Waals surface area contributed by atoms with E-state index in [0.29, 0.717) is 0 Å². The van der Waals surface area contributed by atoms with E-state index < -0.39 is 5.51 Å². The maximum absolute atomic E-state index is 12.5. The molecular formula is C20H23F3N4S. The van der Waals surface area contributed by atoms with Gasteiger partial charge in [-0.2, -0.15) is 13.2 Å². The zero-order chi connectivity index (χ0) is 19.8. The highest BCUT2D eigenvalue weighted by atomic mass is 32.2. The maximum Gasteiger partial charge on any atom is 0.446 e. The van der Waals surface area contributed by atoms with E-state index in [9.17, 15) is 13.2 Å². The van der Waals surface area contributed by atoms with E-state index in [1.807, 2.05) is 19.2 Å². The summed E-state index contributed by atoms with van der Waals surface area (Å²) in [6.07, 6.45) is 4.16. The summed E-state index contributed by atoms with van der Waals surface area (Å²) < 4.78 is 37.6. The minimum Gasteiger partial charge on any atom is -0.370 e. The third kappa shape index (κ3) is 4.38. The average molecular weight is 408 g/mol. The van der Waals surface area contributed by atoms with Crippen molar-refractivity contribution in [2.45, 2.75) is 42.3 Å². The van der Waals surface area contributed by atoms with Gasteiger partial charge in [0, 0.05) is 42.0 Å². The molecule has 2 aliphatic rings.